The van der Waals surface area contributed by atoms with Crippen LogP contribution < -0.4 is 0 Å². The Balaban J connectivity index is 2.93. The molecule has 2 aromatic rings. The Labute approximate surface area is 70.1 Å². The summed E-state index contributed by atoms with van der Waals surface area (Å²) in [6.45, 7) is 1.88. The third-order valence-corrected chi connectivity index (χ3v) is 1.71. The molecule has 0 aliphatic carbocycles. The van der Waals surface area contributed by atoms with Crippen molar-refractivity contribution < 1.29 is 0 Å². The van der Waals surface area contributed by atoms with Crippen molar-refractivity contribution in [1.82, 2.24) is 14.6 Å². The Hall–Kier alpha value is -1.82. The maximum Gasteiger partial charge on any atom is 0.170 e. The lowest BCUT2D eigenvalue weighted by Crippen LogP contribution is -1.87. The first-order chi connectivity index (χ1) is 5.83. The van der Waals surface area contributed by atoms with E-state index in [4.69, 9.17) is 6.42 Å². The molecular weight excluding hydrogens is 150 g/mol. The summed E-state index contributed by atoms with van der Waals surface area (Å²) in [4.78, 5) is 4.13. The van der Waals surface area contributed by atoms with Crippen LogP contribution in [0.5, 0.6) is 0 Å². The lowest BCUT2D eigenvalue weighted by atomic mass is 10.3. The molecule has 0 aliphatic rings. The van der Waals surface area contributed by atoms with Gasteiger partial charge >= 0.3 is 0 Å². The predicted octanol–water partition coefficient (Wildman–Crippen LogP) is 1.02. The summed E-state index contributed by atoms with van der Waals surface area (Å²) >= 11 is 0. The zero-order chi connectivity index (χ0) is 8.55. The number of rotatable bonds is 0. The van der Waals surface area contributed by atoms with E-state index in [-0.39, 0.29) is 0 Å². The minimum atomic E-state index is 0.748. The van der Waals surface area contributed by atoms with Crippen molar-refractivity contribution in [2.75, 3.05) is 0 Å². The van der Waals surface area contributed by atoms with Gasteiger partial charge in [-0.2, -0.15) is 5.10 Å². The van der Waals surface area contributed by atoms with E-state index in [1.807, 2.05) is 19.2 Å². The van der Waals surface area contributed by atoms with Crippen LogP contribution in [0, 0.1) is 19.3 Å². The van der Waals surface area contributed by atoms with Gasteiger partial charge < -0.3 is 0 Å². The van der Waals surface area contributed by atoms with Crippen LogP contribution in [0.25, 0.3) is 5.65 Å². The van der Waals surface area contributed by atoms with Crippen LogP contribution in [0.2, 0.25) is 0 Å². The van der Waals surface area contributed by atoms with Crippen molar-refractivity contribution in [1.29, 1.82) is 0 Å². The Morgan fingerprint density at radius 2 is 2.42 bits per heavy atom. The first-order valence-corrected chi connectivity index (χ1v) is 3.59. The Bertz CT molecular complexity index is 462. The minimum absolute atomic E-state index is 0.748. The Morgan fingerprint density at radius 3 is 3.17 bits per heavy atom. The molecule has 58 valence electrons. The summed E-state index contributed by atoms with van der Waals surface area (Å²) in [5.74, 6) is 2.57. The SMILES string of the molecule is C#Cc1c(C)nn2cccnc12. The van der Waals surface area contributed by atoms with Gasteiger partial charge in [0.05, 0.1) is 11.3 Å². The van der Waals surface area contributed by atoms with Crippen molar-refractivity contribution in [3.05, 3.63) is 29.7 Å². The van der Waals surface area contributed by atoms with Crippen molar-refractivity contribution in [2.45, 2.75) is 6.92 Å². The maximum atomic E-state index is 5.32. The van der Waals surface area contributed by atoms with Crippen LogP contribution in [-0.4, -0.2) is 14.6 Å². The van der Waals surface area contributed by atoms with E-state index in [2.05, 4.69) is 16.0 Å². The minimum Gasteiger partial charge on any atom is -0.236 e. The molecule has 0 unspecified atom stereocenters. The molecule has 0 radical (unpaired) electrons. The summed E-state index contributed by atoms with van der Waals surface area (Å²) in [5, 5.41) is 4.20. The molecule has 2 aromatic heterocycles. The predicted molar refractivity (Wildman–Crippen MR) is 45.7 cm³/mol. The topological polar surface area (TPSA) is 30.2 Å². The van der Waals surface area contributed by atoms with E-state index in [0.717, 1.165) is 16.9 Å². The van der Waals surface area contributed by atoms with Crippen LogP contribution in [0.15, 0.2) is 18.5 Å². The number of hydrogen-bond acceptors (Lipinski definition) is 2. The van der Waals surface area contributed by atoms with E-state index in [1.165, 1.54) is 0 Å². The molecular formula is C9H7N3. The van der Waals surface area contributed by atoms with E-state index < -0.39 is 0 Å². The molecule has 2 rings (SSSR count). The fourth-order valence-corrected chi connectivity index (χ4v) is 1.17. The summed E-state index contributed by atoms with van der Waals surface area (Å²) in [6.07, 6.45) is 8.85. The van der Waals surface area contributed by atoms with Gasteiger partial charge in [-0.1, -0.05) is 5.92 Å². The highest BCUT2D eigenvalue weighted by Gasteiger charge is 2.05. The molecule has 0 fully saturated rings. The van der Waals surface area contributed by atoms with E-state index >= 15 is 0 Å². The number of hydrogen-bond donors (Lipinski definition) is 0. The second kappa shape index (κ2) is 2.35. The van der Waals surface area contributed by atoms with Gasteiger partial charge in [-0.3, -0.25) is 0 Å². The van der Waals surface area contributed by atoms with Gasteiger partial charge in [0.15, 0.2) is 5.65 Å². The van der Waals surface area contributed by atoms with E-state index in [9.17, 15) is 0 Å². The van der Waals surface area contributed by atoms with Gasteiger partial charge in [-0.25, -0.2) is 9.50 Å². The van der Waals surface area contributed by atoms with Crippen molar-refractivity contribution >= 4 is 5.65 Å². The fourth-order valence-electron chi connectivity index (χ4n) is 1.17. The molecule has 0 spiro atoms. The zero-order valence-corrected chi connectivity index (χ0v) is 6.65. The highest BCUT2D eigenvalue weighted by Crippen LogP contribution is 2.09. The van der Waals surface area contributed by atoms with Crippen molar-refractivity contribution in [3.63, 3.8) is 0 Å². The van der Waals surface area contributed by atoms with Gasteiger partial charge in [0.2, 0.25) is 0 Å². The molecule has 0 saturated heterocycles. The number of aromatic nitrogens is 3. The average molecular weight is 157 g/mol. The van der Waals surface area contributed by atoms with Crippen LogP contribution >= 0.6 is 0 Å². The molecule has 3 nitrogen and oxygen atoms in total. The molecule has 0 amide bonds. The van der Waals surface area contributed by atoms with Crippen molar-refractivity contribution in [3.8, 4) is 12.3 Å². The largest absolute Gasteiger partial charge is 0.236 e. The van der Waals surface area contributed by atoms with Crippen LogP contribution in [0.3, 0.4) is 0 Å². The summed E-state index contributed by atoms with van der Waals surface area (Å²) < 4.78 is 1.69. The highest BCUT2D eigenvalue weighted by molar-refractivity contribution is 5.58. The number of fused-ring (bicyclic) bond motifs is 1. The molecule has 12 heavy (non-hydrogen) atoms. The second-order valence-corrected chi connectivity index (χ2v) is 2.49. The highest BCUT2D eigenvalue weighted by atomic mass is 15.2. The second-order valence-electron chi connectivity index (χ2n) is 2.49. The normalized spacial score (nSPS) is 10.0. The van der Waals surface area contributed by atoms with Gasteiger partial charge in [0.25, 0.3) is 0 Å². The molecule has 0 aromatic carbocycles. The summed E-state index contributed by atoms with van der Waals surface area (Å²) in [5.41, 5.74) is 2.37. The van der Waals surface area contributed by atoms with Gasteiger partial charge in [0.1, 0.15) is 0 Å². The Morgan fingerprint density at radius 1 is 1.58 bits per heavy atom. The summed E-state index contributed by atoms with van der Waals surface area (Å²) in [7, 11) is 0. The summed E-state index contributed by atoms with van der Waals surface area (Å²) in [6, 6.07) is 1.82. The first-order valence-electron chi connectivity index (χ1n) is 3.59. The van der Waals surface area contributed by atoms with Crippen molar-refractivity contribution in [2.24, 2.45) is 0 Å². The zero-order valence-electron chi connectivity index (χ0n) is 6.65. The third-order valence-electron chi connectivity index (χ3n) is 1.71. The average Bonchev–Trinajstić information content (AvgIpc) is 2.40. The number of nitrogens with zero attached hydrogens (tertiary/aromatic N) is 3. The van der Waals surface area contributed by atoms with E-state index in [0.29, 0.717) is 0 Å². The standard InChI is InChI=1S/C9H7N3/c1-3-8-7(2)11-12-6-4-5-10-9(8)12/h1,4-6H,2H3. The number of terminal acetylenes is 1. The fraction of sp³-hybridized carbons (Fsp3) is 0.111. The quantitative estimate of drug-likeness (QED) is 0.534. The smallest absolute Gasteiger partial charge is 0.170 e. The maximum absolute atomic E-state index is 5.32. The van der Waals surface area contributed by atoms with Gasteiger partial charge in [-0.15, -0.1) is 6.42 Å². The van der Waals surface area contributed by atoms with Crippen LogP contribution in [0.4, 0.5) is 0 Å². The lowest BCUT2D eigenvalue weighted by molar-refractivity contribution is 0.917. The van der Waals surface area contributed by atoms with Crippen LogP contribution in [0.1, 0.15) is 11.3 Å². The molecule has 0 saturated carbocycles. The van der Waals surface area contributed by atoms with E-state index in [1.54, 1.807) is 10.7 Å². The molecule has 0 atom stereocenters. The lowest BCUT2D eigenvalue weighted by Gasteiger charge is -1.88. The number of aryl methyl sites for hydroxylation is 1. The monoisotopic (exact) mass is 157 g/mol. The third kappa shape index (κ3) is 0.785. The molecule has 3 heteroatoms. The molecule has 0 aliphatic heterocycles. The molecule has 0 bridgehead atoms. The molecule has 2 heterocycles. The molecule has 0 N–H and O–H groups in total. The van der Waals surface area contributed by atoms with Gasteiger partial charge in [-0.05, 0) is 13.0 Å². The van der Waals surface area contributed by atoms with Crippen LogP contribution in [-0.2, 0) is 0 Å². The first kappa shape index (κ1) is 6.86. The van der Waals surface area contributed by atoms with Gasteiger partial charge in [0, 0.05) is 12.4 Å². The Kier molecular flexibility index (Phi) is 1.34.